The number of hydrogen-bond acceptors (Lipinski definition) is 3. The summed E-state index contributed by atoms with van der Waals surface area (Å²) in [4.78, 5) is 24.2. The molecule has 26 heavy (non-hydrogen) atoms. The lowest BCUT2D eigenvalue weighted by molar-refractivity contribution is -0.116. The minimum absolute atomic E-state index is 0.0699. The quantitative estimate of drug-likeness (QED) is 0.608. The van der Waals surface area contributed by atoms with Crippen LogP contribution in [0.2, 0.25) is 0 Å². The van der Waals surface area contributed by atoms with Crippen LogP contribution in [-0.2, 0) is 4.79 Å². The third-order valence-electron chi connectivity index (χ3n) is 3.79. The predicted octanol–water partition coefficient (Wildman–Crippen LogP) is 5.08. The van der Waals surface area contributed by atoms with Crippen LogP contribution in [-0.4, -0.2) is 11.7 Å². The van der Waals surface area contributed by atoms with Crippen molar-refractivity contribution in [2.24, 2.45) is 0 Å². The summed E-state index contributed by atoms with van der Waals surface area (Å²) in [6, 6.07) is 25.6. The molecule has 1 amide bonds. The first kappa shape index (κ1) is 17.4. The number of hydrogen-bond donors (Lipinski definition) is 1. The van der Waals surface area contributed by atoms with Gasteiger partial charge < -0.3 is 10.1 Å². The molecule has 130 valence electrons. The molecule has 0 aliphatic carbocycles. The van der Waals surface area contributed by atoms with E-state index in [1.54, 1.807) is 24.3 Å². The first-order valence-corrected chi connectivity index (χ1v) is 8.42. The molecule has 3 aromatic rings. The highest BCUT2D eigenvalue weighted by Crippen LogP contribution is 2.21. The number of ketones is 1. The number of carbonyl (C=O) groups is 2. The van der Waals surface area contributed by atoms with Crippen molar-refractivity contribution in [3.63, 3.8) is 0 Å². The van der Waals surface area contributed by atoms with Crippen molar-refractivity contribution in [3.8, 4) is 11.5 Å². The summed E-state index contributed by atoms with van der Waals surface area (Å²) in [6.45, 7) is 0. The molecule has 0 heterocycles. The third-order valence-corrected chi connectivity index (χ3v) is 3.79. The number of ether oxygens (including phenoxy) is 1. The Hall–Kier alpha value is -3.40. The zero-order chi connectivity index (χ0) is 18.2. The Labute approximate surface area is 152 Å². The Morgan fingerprint density at radius 1 is 0.692 bits per heavy atom. The summed E-state index contributed by atoms with van der Waals surface area (Å²) in [5, 5.41) is 2.77. The summed E-state index contributed by atoms with van der Waals surface area (Å²) < 4.78 is 5.70. The molecular weight excluding hydrogens is 326 g/mol. The molecule has 0 aliphatic heterocycles. The number of Topliss-reactive ketones (excluding diaryl/α,β-unsaturated/α-hetero) is 1. The number of para-hydroxylation sites is 2. The summed E-state index contributed by atoms with van der Waals surface area (Å²) in [7, 11) is 0. The molecule has 0 unspecified atom stereocenters. The molecule has 0 atom stereocenters. The Balaban J connectivity index is 1.51. The fourth-order valence-corrected chi connectivity index (χ4v) is 2.45. The molecule has 4 heteroatoms. The first-order valence-electron chi connectivity index (χ1n) is 8.42. The van der Waals surface area contributed by atoms with Crippen LogP contribution in [0, 0.1) is 0 Å². The van der Waals surface area contributed by atoms with Crippen LogP contribution in [0.25, 0.3) is 0 Å². The van der Waals surface area contributed by atoms with E-state index in [1.807, 2.05) is 60.7 Å². The molecule has 4 nitrogen and oxygen atoms in total. The number of rotatable bonds is 7. The van der Waals surface area contributed by atoms with E-state index < -0.39 is 0 Å². The maximum atomic E-state index is 12.3. The topological polar surface area (TPSA) is 55.4 Å². The highest BCUT2D eigenvalue weighted by molar-refractivity contribution is 6.00. The van der Waals surface area contributed by atoms with Gasteiger partial charge in [-0.05, 0) is 48.5 Å². The van der Waals surface area contributed by atoms with Crippen molar-refractivity contribution in [1.82, 2.24) is 0 Å². The molecule has 0 bridgehead atoms. The Morgan fingerprint density at radius 2 is 1.27 bits per heavy atom. The smallest absolute Gasteiger partial charge is 0.224 e. The van der Waals surface area contributed by atoms with Crippen molar-refractivity contribution in [3.05, 3.63) is 90.5 Å². The monoisotopic (exact) mass is 345 g/mol. The van der Waals surface area contributed by atoms with Gasteiger partial charge in [-0.3, -0.25) is 9.59 Å². The third kappa shape index (κ3) is 5.05. The molecule has 3 aromatic carbocycles. The van der Waals surface area contributed by atoms with Gasteiger partial charge in [-0.1, -0.05) is 36.4 Å². The number of anilines is 1. The van der Waals surface area contributed by atoms with E-state index in [9.17, 15) is 9.59 Å². The molecule has 0 radical (unpaired) electrons. The molecule has 0 aliphatic rings. The minimum Gasteiger partial charge on any atom is -0.457 e. The number of carbonyl (C=O) groups excluding carboxylic acids is 2. The van der Waals surface area contributed by atoms with Crippen molar-refractivity contribution in [2.75, 3.05) is 5.32 Å². The fourth-order valence-electron chi connectivity index (χ4n) is 2.45. The Bertz CT molecular complexity index is 859. The second-order valence-corrected chi connectivity index (χ2v) is 5.78. The second kappa shape index (κ2) is 8.62. The average molecular weight is 345 g/mol. The van der Waals surface area contributed by atoms with Crippen LogP contribution in [0.5, 0.6) is 11.5 Å². The molecule has 0 spiro atoms. The molecule has 0 fully saturated rings. The van der Waals surface area contributed by atoms with Crippen LogP contribution in [0.3, 0.4) is 0 Å². The molecule has 1 N–H and O–H groups in total. The van der Waals surface area contributed by atoms with Crippen molar-refractivity contribution in [1.29, 1.82) is 0 Å². The lowest BCUT2D eigenvalue weighted by atomic mass is 10.1. The zero-order valence-electron chi connectivity index (χ0n) is 14.2. The van der Waals surface area contributed by atoms with Crippen molar-refractivity contribution in [2.45, 2.75) is 12.8 Å². The first-order chi connectivity index (χ1) is 12.7. The van der Waals surface area contributed by atoms with Gasteiger partial charge in [0.1, 0.15) is 11.5 Å². The summed E-state index contributed by atoms with van der Waals surface area (Å²) in [5.41, 5.74) is 1.30. The van der Waals surface area contributed by atoms with Gasteiger partial charge in [0.2, 0.25) is 5.91 Å². The van der Waals surface area contributed by atoms with E-state index in [0.29, 0.717) is 11.3 Å². The van der Waals surface area contributed by atoms with Gasteiger partial charge >= 0.3 is 0 Å². The fraction of sp³-hybridized carbons (Fsp3) is 0.0909. The van der Waals surface area contributed by atoms with Gasteiger partial charge in [-0.15, -0.1) is 0 Å². The molecule has 0 aromatic heterocycles. The van der Waals surface area contributed by atoms with E-state index >= 15 is 0 Å². The average Bonchev–Trinajstić information content (AvgIpc) is 2.68. The van der Waals surface area contributed by atoms with Gasteiger partial charge in [-0.2, -0.15) is 0 Å². The molecule has 0 saturated heterocycles. The largest absolute Gasteiger partial charge is 0.457 e. The maximum Gasteiger partial charge on any atom is 0.224 e. The Morgan fingerprint density at radius 3 is 1.92 bits per heavy atom. The van der Waals surface area contributed by atoms with E-state index in [4.69, 9.17) is 4.74 Å². The maximum absolute atomic E-state index is 12.3. The van der Waals surface area contributed by atoms with Crippen LogP contribution in [0.15, 0.2) is 84.9 Å². The Kier molecular flexibility index (Phi) is 5.78. The highest BCUT2D eigenvalue weighted by atomic mass is 16.5. The standard InChI is InChI=1S/C22H19NO3/c24-21(15-16-22(25)23-18-7-3-1-4-8-18)17-11-13-20(14-12-17)26-19-9-5-2-6-10-19/h1-14H,15-16H2,(H,23,25). The van der Waals surface area contributed by atoms with Crippen LogP contribution < -0.4 is 10.1 Å². The molecule has 3 rings (SSSR count). The second-order valence-electron chi connectivity index (χ2n) is 5.78. The summed E-state index contributed by atoms with van der Waals surface area (Å²) in [5.74, 6) is 1.16. The molecule has 0 saturated carbocycles. The van der Waals surface area contributed by atoms with E-state index in [0.717, 1.165) is 11.4 Å². The van der Waals surface area contributed by atoms with Crippen molar-refractivity contribution < 1.29 is 14.3 Å². The highest BCUT2D eigenvalue weighted by Gasteiger charge is 2.10. The number of benzene rings is 3. The lowest BCUT2D eigenvalue weighted by Gasteiger charge is -2.07. The van der Waals surface area contributed by atoms with Crippen LogP contribution in [0.4, 0.5) is 5.69 Å². The van der Waals surface area contributed by atoms with Gasteiger partial charge in [0, 0.05) is 24.1 Å². The normalized spacial score (nSPS) is 10.2. The van der Waals surface area contributed by atoms with E-state index in [-0.39, 0.29) is 24.5 Å². The van der Waals surface area contributed by atoms with Crippen LogP contribution >= 0.6 is 0 Å². The van der Waals surface area contributed by atoms with Crippen molar-refractivity contribution >= 4 is 17.4 Å². The lowest BCUT2D eigenvalue weighted by Crippen LogP contribution is -2.13. The van der Waals surface area contributed by atoms with Gasteiger partial charge in [0.15, 0.2) is 5.78 Å². The van der Waals surface area contributed by atoms with Gasteiger partial charge in [0.05, 0.1) is 0 Å². The van der Waals surface area contributed by atoms with Crippen LogP contribution in [0.1, 0.15) is 23.2 Å². The number of amides is 1. The predicted molar refractivity (Wildman–Crippen MR) is 102 cm³/mol. The van der Waals surface area contributed by atoms with E-state index in [1.165, 1.54) is 0 Å². The number of nitrogens with one attached hydrogen (secondary N) is 1. The SMILES string of the molecule is O=C(CCC(=O)c1ccc(Oc2ccccc2)cc1)Nc1ccccc1. The minimum atomic E-state index is -0.173. The van der Waals surface area contributed by atoms with E-state index in [2.05, 4.69) is 5.32 Å². The van der Waals surface area contributed by atoms with Gasteiger partial charge in [0.25, 0.3) is 0 Å². The van der Waals surface area contributed by atoms with Gasteiger partial charge in [-0.25, -0.2) is 0 Å². The molecular formula is C22H19NO3. The zero-order valence-corrected chi connectivity index (χ0v) is 14.2. The summed E-state index contributed by atoms with van der Waals surface area (Å²) in [6.07, 6.45) is 0.313. The summed E-state index contributed by atoms with van der Waals surface area (Å²) >= 11 is 0.